The highest BCUT2D eigenvalue weighted by molar-refractivity contribution is 8.76. The van der Waals surface area contributed by atoms with Gasteiger partial charge in [-0.2, -0.15) is 0 Å². The molecule has 4 unspecified atom stereocenters. The van der Waals surface area contributed by atoms with E-state index in [-0.39, 0.29) is 34.7 Å². The molecular weight excluding hydrogens is 629 g/mol. The lowest BCUT2D eigenvalue weighted by molar-refractivity contribution is -0.168. The lowest BCUT2D eigenvalue weighted by atomic mass is 9.86. The van der Waals surface area contributed by atoms with Gasteiger partial charge >= 0.3 is 5.97 Å². The Morgan fingerprint density at radius 2 is 1.89 bits per heavy atom. The molecular formula is C33H34N4O7S2. The average Bonchev–Trinajstić information content (AvgIpc) is 3.67. The van der Waals surface area contributed by atoms with E-state index in [2.05, 4.69) is 9.97 Å². The van der Waals surface area contributed by atoms with Crippen LogP contribution in [-0.4, -0.2) is 50.2 Å². The second kappa shape index (κ2) is 11.4. The minimum absolute atomic E-state index is 0.0709. The van der Waals surface area contributed by atoms with Gasteiger partial charge in [0, 0.05) is 59.4 Å². The Bertz CT molecular complexity index is 1950. The van der Waals surface area contributed by atoms with E-state index in [0.717, 1.165) is 22.4 Å². The zero-order chi connectivity index (χ0) is 32.4. The molecule has 4 aromatic rings. The minimum atomic E-state index is -1.13. The molecule has 11 nitrogen and oxygen atoms in total. The highest BCUT2D eigenvalue weighted by atomic mass is 33.1. The van der Waals surface area contributed by atoms with Crippen LogP contribution in [0.4, 0.5) is 11.6 Å². The van der Waals surface area contributed by atoms with Gasteiger partial charge in [-0.3, -0.25) is 4.79 Å². The van der Waals surface area contributed by atoms with Crippen molar-refractivity contribution in [3.8, 4) is 22.8 Å². The van der Waals surface area contributed by atoms with Crippen molar-refractivity contribution in [2.45, 2.75) is 75.6 Å². The zero-order valence-electron chi connectivity index (χ0n) is 25.6. The van der Waals surface area contributed by atoms with Gasteiger partial charge in [-0.1, -0.05) is 21.6 Å². The lowest BCUT2D eigenvalue weighted by Crippen LogP contribution is -2.52. The van der Waals surface area contributed by atoms with Crippen LogP contribution in [0.5, 0.6) is 11.5 Å². The molecule has 3 aliphatic heterocycles. The molecule has 0 radical (unpaired) electrons. The number of nitrogen functional groups attached to an aromatic ring is 2. The van der Waals surface area contributed by atoms with Crippen LogP contribution in [0.2, 0.25) is 0 Å². The first-order valence-electron chi connectivity index (χ1n) is 15.1. The summed E-state index contributed by atoms with van der Waals surface area (Å²) in [5.41, 5.74) is 14.2. The number of carbonyl (C=O) groups is 1. The Labute approximate surface area is 272 Å². The fraction of sp³-hybridized carbons (Fsp3) is 0.394. The van der Waals surface area contributed by atoms with Crippen molar-refractivity contribution in [3.63, 3.8) is 0 Å². The number of fused-ring (bicyclic) bond motifs is 8. The highest BCUT2D eigenvalue weighted by Gasteiger charge is 2.60. The number of phenolic OH excluding ortho intramolecular Hbond substituents is 1. The number of pyridine rings is 2. The van der Waals surface area contributed by atoms with Gasteiger partial charge in [-0.25, -0.2) is 14.8 Å². The Morgan fingerprint density at radius 3 is 2.72 bits per heavy atom. The quantitative estimate of drug-likeness (QED) is 0.129. The number of rotatable bonds is 0. The number of ether oxygens (including phenoxy) is 3. The molecule has 3 aromatic heterocycles. The van der Waals surface area contributed by atoms with Crippen molar-refractivity contribution in [1.82, 2.24) is 9.97 Å². The minimum Gasteiger partial charge on any atom is -0.507 e. The first-order valence-corrected chi connectivity index (χ1v) is 17.6. The van der Waals surface area contributed by atoms with Crippen LogP contribution in [0.1, 0.15) is 49.1 Å². The molecule has 13 heteroatoms. The molecule has 7 rings (SSSR count). The maximum Gasteiger partial charge on any atom is 0.341 e. The van der Waals surface area contributed by atoms with Gasteiger partial charge in [-0.15, -0.1) is 0 Å². The summed E-state index contributed by atoms with van der Waals surface area (Å²) in [6, 6.07) is 8.70. The summed E-state index contributed by atoms with van der Waals surface area (Å²) < 4.78 is 24.5. The van der Waals surface area contributed by atoms with E-state index in [1.165, 1.54) is 6.07 Å². The average molecular weight is 663 g/mol. The number of phenols is 1. The van der Waals surface area contributed by atoms with Gasteiger partial charge in [0.05, 0.1) is 11.8 Å². The molecule has 46 heavy (non-hydrogen) atoms. The predicted molar refractivity (Wildman–Crippen MR) is 178 cm³/mol. The van der Waals surface area contributed by atoms with Gasteiger partial charge in [0.15, 0.2) is 11.0 Å². The van der Waals surface area contributed by atoms with Gasteiger partial charge in [0.2, 0.25) is 0 Å². The number of aryl methyl sites for hydroxylation is 2. The van der Waals surface area contributed by atoms with Gasteiger partial charge in [-0.05, 0) is 57.4 Å². The van der Waals surface area contributed by atoms with Crippen LogP contribution in [0, 0.1) is 6.92 Å². The molecule has 1 saturated heterocycles. The van der Waals surface area contributed by atoms with E-state index in [9.17, 15) is 14.7 Å². The largest absolute Gasteiger partial charge is 0.507 e. The summed E-state index contributed by atoms with van der Waals surface area (Å²) in [4.78, 5) is 35.4. The van der Waals surface area contributed by atoms with E-state index >= 15 is 0 Å². The molecule has 6 heterocycles. The van der Waals surface area contributed by atoms with Gasteiger partial charge < -0.3 is 35.2 Å². The summed E-state index contributed by atoms with van der Waals surface area (Å²) in [6.07, 6.45) is 2.38. The number of nitrogens with two attached hydrogens (primary N) is 2. The Morgan fingerprint density at radius 1 is 1.07 bits per heavy atom. The second-order valence-electron chi connectivity index (χ2n) is 12.4. The molecule has 2 bridgehead atoms. The highest BCUT2D eigenvalue weighted by Crippen LogP contribution is 2.47. The van der Waals surface area contributed by atoms with Crippen molar-refractivity contribution in [2.24, 2.45) is 0 Å². The third kappa shape index (κ3) is 5.43. The molecule has 1 fully saturated rings. The maximum atomic E-state index is 13.7. The SMILES string of the molecule is Cc1cc(=O)c2c(O)c3c(cc2o1)OC1(C)CCSSCc2c(ccnc2N)-c2cc(cc(N)n2)CCC2OC2(C)C(=O)OC1C3. The summed E-state index contributed by atoms with van der Waals surface area (Å²) >= 11 is 0. The molecule has 0 aliphatic carbocycles. The molecule has 240 valence electrons. The number of benzene rings is 1. The van der Waals surface area contributed by atoms with Crippen molar-refractivity contribution in [2.75, 3.05) is 17.2 Å². The summed E-state index contributed by atoms with van der Waals surface area (Å²) in [5, 5.41) is 11.3. The number of aromatic nitrogens is 2. The van der Waals surface area contributed by atoms with E-state index in [0.29, 0.717) is 59.5 Å². The maximum absolute atomic E-state index is 13.7. The van der Waals surface area contributed by atoms with Crippen molar-refractivity contribution in [3.05, 3.63) is 69.2 Å². The third-order valence-electron chi connectivity index (χ3n) is 9.13. The second-order valence-corrected chi connectivity index (χ2v) is 15.0. The molecule has 4 atom stereocenters. The van der Waals surface area contributed by atoms with E-state index in [1.54, 1.807) is 47.7 Å². The predicted octanol–water partition coefficient (Wildman–Crippen LogP) is 5.11. The number of anilines is 2. The number of esters is 1. The number of nitrogens with zero attached hydrogens (tertiary/aromatic N) is 2. The van der Waals surface area contributed by atoms with E-state index in [4.69, 9.17) is 30.1 Å². The first-order chi connectivity index (χ1) is 21.9. The Balaban J connectivity index is 1.23. The van der Waals surface area contributed by atoms with Gasteiger partial charge in [0.1, 0.15) is 51.6 Å². The van der Waals surface area contributed by atoms with Gasteiger partial charge in [0.25, 0.3) is 0 Å². The van der Waals surface area contributed by atoms with Crippen LogP contribution in [0.25, 0.3) is 22.2 Å². The van der Waals surface area contributed by atoms with Crippen molar-refractivity contribution in [1.29, 1.82) is 0 Å². The zero-order valence-corrected chi connectivity index (χ0v) is 27.3. The summed E-state index contributed by atoms with van der Waals surface area (Å²) in [5.74, 6) is 2.15. The smallest absolute Gasteiger partial charge is 0.341 e. The van der Waals surface area contributed by atoms with Crippen LogP contribution in [0.3, 0.4) is 0 Å². The number of epoxide rings is 1. The van der Waals surface area contributed by atoms with Crippen LogP contribution in [0.15, 0.2) is 45.7 Å². The molecule has 0 saturated carbocycles. The lowest BCUT2D eigenvalue weighted by Gasteiger charge is -2.42. The van der Waals surface area contributed by atoms with Crippen molar-refractivity contribution < 1.29 is 28.5 Å². The molecule has 5 N–H and O–H groups in total. The molecule has 0 spiro atoms. The van der Waals surface area contributed by atoms with Crippen molar-refractivity contribution >= 4 is 50.2 Å². The number of carbonyl (C=O) groups excluding carboxylic acids is 1. The van der Waals surface area contributed by atoms with E-state index in [1.807, 2.05) is 25.1 Å². The normalized spacial score (nSPS) is 26.3. The number of aromatic hydroxyl groups is 1. The van der Waals surface area contributed by atoms with Crippen LogP contribution in [-0.2, 0) is 32.9 Å². The molecule has 0 amide bonds. The third-order valence-corrected chi connectivity index (χ3v) is 11.4. The first kappa shape index (κ1) is 30.7. The van der Waals surface area contributed by atoms with Crippen LogP contribution >= 0.6 is 21.6 Å². The Hall–Kier alpha value is -3.94. The number of hydrogen-bond acceptors (Lipinski definition) is 13. The summed E-state index contributed by atoms with van der Waals surface area (Å²) in [7, 11) is 3.26. The monoisotopic (exact) mass is 662 g/mol. The number of hydrogen-bond donors (Lipinski definition) is 3. The Kier molecular flexibility index (Phi) is 7.60. The standard InChI is InChI=1S/C33H34N4O7S2/c1-16-10-22(38)28-24(41-16)14-23-19(29(28)39)13-26-32(2,43-23)7-9-45-46-15-20-18(6-8-36-30(20)35)21-11-17(12-27(34)37-21)4-5-25-33(3,44-25)31(40)42-26/h6,8,10-12,14,25-26,39H,4-5,7,9,13,15H2,1-3H3,(H2,34,37)(H2,35,36). The fourth-order valence-electron chi connectivity index (χ4n) is 6.34. The molecule has 1 aromatic carbocycles. The fourth-order valence-corrected chi connectivity index (χ4v) is 8.66. The summed E-state index contributed by atoms with van der Waals surface area (Å²) in [6.45, 7) is 5.31. The van der Waals surface area contributed by atoms with E-state index < -0.39 is 23.3 Å². The van der Waals surface area contributed by atoms with Crippen LogP contribution < -0.4 is 21.6 Å². The topological polar surface area (TPSA) is 176 Å². The molecule has 3 aliphatic rings.